The molecule has 0 fully saturated rings. The molecule has 4 heteroatoms. The van der Waals surface area contributed by atoms with E-state index in [0.29, 0.717) is 23.7 Å². The highest BCUT2D eigenvalue weighted by atomic mass is 79.9. The summed E-state index contributed by atoms with van der Waals surface area (Å²) in [6.45, 7) is 0. The lowest BCUT2D eigenvalue weighted by Gasteiger charge is -2.11. The molecule has 18 heavy (non-hydrogen) atoms. The van der Waals surface area contributed by atoms with Crippen LogP contribution in [-0.4, -0.2) is 11.2 Å². The van der Waals surface area contributed by atoms with Gasteiger partial charge in [-0.3, -0.25) is 0 Å². The number of aliphatic hydroxyl groups excluding tert-OH is 1. The summed E-state index contributed by atoms with van der Waals surface area (Å²) < 4.78 is 18.8. The first kappa shape index (κ1) is 13.3. The van der Waals surface area contributed by atoms with Crippen molar-refractivity contribution in [2.45, 2.75) is 25.4 Å². The van der Waals surface area contributed by atoms with E-state index in [1.54, 1.807) is 12.3 Å². The fourth-order valence-electron chi connectivity index (χ4n) is 1.81. The molecule has 0 saturated heterocycles. The van der Waals surface area contributed by atoms with E-state index in [-0.39, 0.29) is 5.82 Å². The van der Waals surface area contributed by atoms with Crippen LogP contribution in [0.25, 0.3) is 0 Å². The van der Waals surface area contributed by atoms with Crippen LogP contribution in [0.1, 0.15) is 17.7 Å². The van der Waals surface area contributed by atoms with Gasteiger partial charge in [0.2, 0.25) is 0 Å². The van der Waals surface area contributed by atoms with Gasteiger partial charge in [-0.05, 0) is 42.7 Å². The second-order valence-corrected chi connectivity index (χ2v) is 5.07. The molecular weight excluding hydrogens is 299 g/mol. The molecule has 1 aromatic carbocycles. The molecule has 96 valence electrons. The number of halogens is 2. The second-order valence-electron chi connectivity index (χ2n) is 4.21. The number of rotatable bonds is 5. The van der Waals surface area contributed by atoms with Gasteiger partial charge in [0.05, 0.1) is 12.4 Å². The van der Waals surface area contributed by atoms with E-state index in [4.69, 9.17) is 4.42 Å². The molecule has 0 amide bonds. The van der Waals surface area contributed by atoms with Crippen LogP contribution in [0.5, 0.6) is 0 Å². The van der Waals surface area contributed by atoms with Gasteiger partial charge in [0.15, 0.2) is 0 Å². The van der Waals surface area contributed by atoms with E-state index in [0.717, 1.165) is 11.3 Å². The zero-order valence-electron chi connectivity index (χ0n) is 9.77. The van der Waals surface area contributed by atoms with Crippen LogP contribution in [0, 0.1) is 5.82 Å². The predicted molar refractivity (Wildman–Crippen MR) is 70.8 cm³/mol. The highest BCUT2D eigenvalue weighted by Crippen LogP contribution is 2.20. The summed E-state index contributed by atoms with van der Waals surface area (Å²) in [5.74, 6) is 0.586. The number of furan rings is 1. The van der Waals surface area contributed by atoms with Crippen LogP contribution < -0.4 is 0 Å². The molecule has 0 aliphatic heterocycles. The van der Waals surface area contributed by atoms with Gasteiger partial charge in [0, 0.05) is 10.9 Å². The van der Waals surface area contributed by atoms with Gasteiger partial charge in [-0.1, -0.05) is 22.0 Å². The lowest BCUT2D eigenvalue weighted by molar-refractivity contribution is 0.162. The van der Waals surface area contributed by atoms with Crippen molar-refractivity contribution in [2.24, 2.45) is 0 Å². The van der Waals surface area contributed by atoms with Crippen molar-refractivity contribution >= 4 is 15.9 Å². The smallest absolute Gasteiger partial charge is 0.124 e. The van der Waals surface area contributed by atoms with Gasteiger partial charge in [-0.15, -0.1) is 0 Å². The van der Waals surface area contributed by atoms with Crippen LogP contribution in [0.15, 0.2) is 45.5 Å². The van der Waals surface area contributed by atoms with Gasteiger partial charge in [0.1, 0.15) is 11.6 Å². The fourth-order valence-corrected chi connectivity index (χ4v) is 2.32. The third kappa shape index (κ3) is 3.68. The van der Waals surface area contributed by atoms with Crippen molar-refractivity contribution in [1.29, 1.82) is 0 Å². The minimum atomic E-state index is -0.461. The predicted octanol–water partition coefficient (Wildman–Crippen LogP) is 3.72. The zero-order valence-corrected chi connectivity index (χ0v) is 11.4. The standard InChI is InChI=1S/C14H14BrFO2/c15-14-9-11(16)4-3-10(14)8-12(17)5-6-13-2-1-7-18-13/h1-4,7,9,12,17H,5-6,8H2. The van der Waals surface area contributed by atoms with Crippen molar-refractivity contribution in [1.82, 2.24) is 0 Å². The maximum absolute atomic E-state index is 12.9. The van der Waals surface area contributed by atoms with E-state index < -0.39 is 6.10 Å². The summed E-state index contributed by atoms with van der Waals surface area (Å²) in [4.78, 5) is 0. The van der Waals surface area contributed by atoms with Gasteiger partial charge >= 0.3 is 0 Å². The Labute approximate surface area is 114 Å². The molecule has 0 aliphatic rings. The lowest BCUT2D eigenvalue weighted by atomic mass is 10.0. The molecule has 0 spiro atoms. The molecular formula is C14H14BrFO2. The number of aryl methyl sites for hydroxylation is 1. The average Bonchev–Trinajstić information content (AvgIpc) is 2.83. The third-order valence-electron chi connectivity index (χ3n) is 2.77. The summed E-state index contributed by atoms with van der Waals surface area (Å²) >= 11 is 3.30. The molecule has 0 radical (unpaired) electrons. The SMILES string of the molecule is OC(CCc1ccco1)Cc1ccc(F)cc1Br. The van der Waals surface area contributed by atoms with Crippen LogP contribution in [-0.2, 0) is 12.8 Å². The monoisotopic (exact) mass is 312 g/mol. The molecule has 1 unspecified atom stereocenters. The molecule has 2 nitrogen and oxygen atoms in total. The Kier molecular flexibility index (Phi) is 4.55. The van der Waals surface area contributed by atoms with E-state index in [1.807, 2.05) is 12.1 Å². The quantitative estimate of drug-likeness (QED) is 0.913. The Morgan fingerprint density at radius 1 is 1.33 bits per heavy atom. The Hall–Kier alpha value is -1.13. The van der Waals surface area contributed by atoms with Crippen molar-refractivity contribution in [2.75, 3.05) is 0 Å². The molecule has 1 atom stereocenters. The maximum atomic E-state index is 12.9. The van der Waals surface area contributed by atoms with E-state index in [9.17, 15) is 9.50 Å². The van der Waals surface area contributed by atoms with Crippen LogP contribution in [0.4, 0.5) is 4.39 Å². The van der Waals surface area contributed by atoms with Gasteiger partial charge in [-0.2, -0.15) is 0 Å². The molecule has 1 aromatic heterocycles. The van der Waals surface area contributed by atoms with E-state index in [2.05, 4.69) is 15.9 Å². The van der Waals surface area contributed by atoms with Crippen LogP contribution in [0.3, 0.4) is 0 Å². The highest BCUT2D eigenvalue weighted by molar-refractivity contribution is 9.10. The molecule has 0 saturated carbocycles. The summed E-state index contributed by atoms with van der Waals surface area (Å²) in [6, 6.07) is 8.22. The second kappa shape index (κ2) is 6.16. The Balaban J connectivity index is 1.88. The summed E-state index contributed by atoms with van der Waals surface area (Å²) in [6.07, 6.45) is 2.99. The first-order valence-electron chi connectivity index (χ1n) is 5.79. The number of hydrogen-bond donors (Lipinski definition) is 1. The maximum Gasteiger partial charge on any atom is 0.124 e. The fraction of sp³-hybridized carbons (Fsp3) is 0.286. The van der Waals surface area contributed by atoms with Gasteiger partial charge in [0.25, 0.3) is 0 Å². The van der Waals surface area contributed by atoms with Crippen molar-refractivity contribution in [3.05, 3.63) is 58.2 Å². The molecule has 1 N–H and O–H groups in total. The molecule has 0 aliphatic carbocycles. The minimum Gasteiger partial charge on any atom is -0.469 e. The molecule has 2 aromatic rings. The molecule has 1 heterocycles. The van der Waals surface area contributed by atoms with E-state index >= 15 is 0 Å². The minimum absolute atomic E-state index is 0.282. The number of benzene rings is 1. The molecule has 0 bridgehead atoms. The third-order valence-corrected chi connectivity index (χ3v) is 3.51. The van der Waals surface area contributed by atoms with Crippen LogP contribution >= 0.6 is 15.9 Å². The van der Waals surface area contributed by atoms with Crippen molar-refractivity contribution < 1.29 is 13.9 Å². The van der Waals surface area contributed by atoms with Crippen molar-refractivity contribution in [3.63, 3.8) is 0 Å². The van der Waals surface area contributed by atoms with E-state index in [1.165, 1.54) is 12.1 Å². The number of hydrogen-bond acceptors (Lipinski definition) is 2. The van der Waals surface area contributed by atoms with Gasteiger partial charge in [-0.25, -0.2) is 4.39 Å². The molecule has 2 rings (SSSR count). The number of aliphatic hydroxyl groups is 1. The first-order chi connectivity index (χ1) is 8.65. The highest BCUT2D eigenvalue weighted by Gasteiger charge is 2.10. The topological polar surface area (TPSA) is 33.4 Å². The van der Waals surface area contributed by atoms with Crippen molar-refractivity contribution in [3.8, 4) is 0 Å². The summed E-state index contributed by atoms with van der Waals surface area (Å²) in [7, 11) is 0. The average molecular weight is 313 g/mol. The van der Waals surface area contributed by atoms with Gasteiger partial charge < -0.3 is 9.52 Å². The normalized spacial score (nSPS) is 12.6. The van der Waals surface area contributed by atoms with Crippen LogP contribution in [0.2, 0.25) is 0 Å². The first-order valence-corrected chi connectivity index (χ1v) is 6.59. The Morgan fingerprint density at radius 2 is 2.17 bits per heavy atom. The largest absolute Gasteiger partial charge is 0.469 e. The summed E-state index contributed by atoms with van der Waals surface area (Å²) in [5.41, 5.74) is 0.906. The summed E-state index contributed by atoms with van der Waals surface area (Å²) in [5, 5.41) is 9.94. The Bertz CT molecular complexity index is 497. The Morgan fingerprint density at radius 3 is 2.83 bits per heavy atom. The zero-order chi connectivity index (χ0) is 13.0. The lowest BCUT2D eigenvalue weighted by Crippen LogP contribution is -2.12.